The molecule has 0 radical (unpaired) electrons. The Morgan fingerprint density at radius 1 is 1.14 bits per heavy atom. The molecule has 0 spiro atoms. The van der Waals surface area contributed by atoms with E-state index in [4.69, 9.17) is 11.6 Å². The number of nitrogens with zero attached hydrogens (tertiary/aromatic N) is 2. The second-order valence-corrected chi connectivity index (χ2v) is 2.67. The maximum atomic E-state index is 10.4. The number of amidine groups is 2. The molecule has 8 heteroatoms. The average molecular weight is 226 g/mol. The number of aldehydes is 3. The molecule has 0 fully saturated rings. The number of aliphatic imine (C=N–C) groups is 2. The zero-order valence-electron chi connectivity index (χ0n) is 6.23. The van der Waals surface area contributed by atoms with E-state index in [1.165, 1.54) is 0 Å². The number of hydrogen-bond acceptors (Lipinski definition) is 6. The molecule has 6 nitrogen and oxygen atoms in total. The monoisotopic (exact) mass is 225 g/mol. The number of carbonyl (C=O) groups excluding carboxylic acids is 3. The quantitative estimate of drug-likeness (QED) is 0.266. The molecule has 0 aliphatic carbocycles. The van der Waals surface area contributed by atoms with E-state index in [-0.39, 0.29) is 47.5 Å². The molecular formula is C6H5ClN3NaO3. The summed E-state index contributed by atoms with van der Waals surface area (Å²) < 4.78 is 0. The summed E-state index contributed by atoms with van der Waals surface area (Å²) in [5, 5.41) is 0.372. The fourth-order valence-electron chi connectivity index (χ4n) is 0.714. The number of halogens is 1. The molecule has 1 heterocycles. The van der Waals surface area contributed by atoms with Crippen LogP contribution in [0, 0.1) is 0 Å². The summed E-state index contributed by atoms with van der Waals surface area (Å²) in [4.78, 5) is 37.8. The number of carbonyl (C=O) groups is 3. The van der Waals surface area contributed by atoms with Crippen molar-refractivity contribution in [1.82, 2.24) is 5.32 Å². The van der Waals surface area contributed by atoms with Crippen LogP contribution in [-0.2, 0) is 14.4 Å². The summed E-state index contributed by atoms with van der Waals surface area (Å²) in [5.74, 6) is -0.418. The molecule has 0 atom stereocenters. The van der Waals surface area contributed by atoms with Gasteiger partial charge in [-0.1, -0.05) is 11.6 Å². The Morgan fingerprint density at radius 3 is 1.86 bits per heavy atom. The van der Waals surface area contributed by atoms with Gasteiger partial charge in [0.1, 0.15) is 0 Å². The third-order valence-corrected chi connectivity index (χ3v) is 1.44. The van der Waals surface area contributed by atoms with Gasteiger partial charge in [-0.2, -0.15) is 0 Å². The molecule has 0 amide bonds. The molecule has 0 saturated carbocycles. The fraction of sp³-hybridized carbons (Fsp3) is 0.167. The van der Waals surface area contributed by atoms with Gasteiger partial charge in [0, 0.05) is 0 Å². The van der Waals surface area contributed by atoms with Gasteiger partial charge in [0.15, 0.2) is 30.5 Å². The molecule has 14 heavy (non-hydrogen) atoms. The van der Waals surface area contributed by atoms with Gasteiger partial charge < -0.3 is 5.32 Å². The third-order valence-electron chi connectivity index (χ3n) is 1.18. The van der Waals surface area contributed by atoms with Crippen molar-refractivity contribution in [1.29, 1.82) is 0 Å². The predicted octanol–water partition coefficient (Wildman–Crippen LogP) is -1.77. The van der Waals surface area contributed by atoms with Gasteiger partial charge in [0.05, 0.1) is 0 Å². The zero-order chi connectivity index (χ0) is 9.90. The molecule has 0 aromatic carbocycles. The SMILES string of the molecule is O=CC1=NC(Cl)(C=O)N=C(C=O)N1.[NaH]. The van der Waals surface area contributed by atoms with Crippen molar-refractivity contribution in [2.24, 2.45) is 9.98 Å². The molecule has 0 unspecified atom stereocenters. The van der Waals surface area contributed by atoms with E-state index in [1.54, 1.807) is 0 Å². The number of rotatable bonds is 3. The van der Waals surface area contributed by atoms with E-state index < -0.39 is 5.12 Å². The van der Waals surface area contributed by atoms with E-state index >= 15 is 0 Å². The first kappa shape index (κ1) is 13.4. The Labute approximate surface area is 106 Å². The maximum absolute atomic E-state index is 10.4. The summed E-state index contributed by atoms with van der Waals surface area (Å²) in [6.07, 6.45) is 0.889. The minimum atomic E-state index is -1.89. The van der Waals surface area contributed by atoms with Crippen LogP contribution in [0.4, 0.5) is 0 Å². The van der Waals surface area contributed by atoms with Gasteiger partial charge in [0.2, 0.25) is 0 Å². The van der Waals surface area contributed by atoms with Gasteiger partial charge in [0.25, 0.3) is 5.12 Å². The van der Waals surface area contributed by atoms with E-state index in [1.807, 2.05) is 0 Å². The van der Waals surface area contributed by atoms with Gasteiger partial charge >= 0.3 is 29.6 Å². The molecule has 0 aromatic rings. The van der Waals surface area contributed by atoms with Crippen molar-refractivity contribution in [3.05, 3.63) is 0 Å². The summed E-state index contributed by atoms with van der Waals surface area (Å²) in [7, 11) is 0. The van der Waals surface area contributed by atoms with Crippen LogP contribution in [0.5, 0.6) is 0 Å². The zero-order valence-corrected chi connectivity index (χ0v) is 6.99. The molecule has 0 bridgehead atoms. The standard InChI is InChI=1S/C6H4ClN3O3.Na.H/c7-6(3-13)9-4(1-11)8-5(2-12)10-6;;/h1-3H,(H,8,9,10);;. The number of alkyl halides is 1. The van der Waals surface area contributed by atoms with Crippen molar-refractivity contribution in [3.63, 3.8) is 0 Å². The second kappa shape index (κ2) is 5.35. The Hall–Kier alpha value is -0.560. The molecule has 1 aliphatic heterocycles. The van der Waals surface area contributed by atoms with Crippen LogP contribution in [0.3, 0.4) is 0 Å². The summed E-state index contributed by atoms with van der Waals surface area (Å²) in [5.41, 5.74) is 0. The molecule has 1 rings (SSSR count). The normalized spacial score (nSPS) is 17.8. The van der Waals surface area contributed by atoms with Gasteiger partial charge in [-0.15, -0.1) is 0 Å². The number of hydrogen-bond donors (Lipinski definition) is 1. The summed E-state index contributed by atoms with van der Waals surface area (Å²) >= 11 is 5.51. The van der Waals surface area contributed by atoms with Crippen LogP contribution in [-0.4, -0.2) is 65.2 Å². The van der Waals surface area contributed by atoms with Crippen molar-refractivity contribution in [2.45, 2.75) is 5.12 Å². The molecular weight excluding hydrogens is 221 g/mol. The van der Waals surface area contributed by atoms with Gasteiger partial charge in [-0.05, 0) is 0 Å². The molecule has 1 aliphatic rings. The first-order valence-corrected chi connectivity index (χ1v) is 3.53. The third kappa shape index (κ3) is 2.98. The topological polar surface area (TPSA) is 88.0 Å². The van der Waals surface area contributed by atoms with E-state index in [9.17, 15) is 14.4 Å². The molecule has 70 valence electrons. The van der Waals surface area contributed by atoms with E-state index in [2.05, 4.69) is 15.3 Å². The van der Waals surface area contributed by atoms with Crippen molar-refractivity contribution in [3.8, 4) is 0 Å². The van der Waals surface area contributed by atoms with Crippen molar-refractivity contribution >= 4 is 71.7 Å². The van der Waals surface area contributed by atoms with Crippen LogP contribution in [0.1, 0.15) is 0 Å². The Kier molecular flexibility index (Phi) is 5.14. The van der Waals surface area contributed by atoms with Crippen LogP contribution < -0.4 is 5.32 Å². The first-order chi connectivity index (χ1) is 6.13. The van der Waals surface area contributed by atoms with E-state index in [0.717, 1.165) is 0 Å². The molecule has 0 aromatic heterocycles. The van der Waals surface area contributed by atoms with Gasteiger partial charge in [-0.3, -0.25) is 14.4 Å². The molecule has 1 N–H and O–H groups in total. The number of nitrogens with one attached hydrogen (secondary N) is 1. The summed E-state index contributed by atoms with van der Waals surface area (Å²) in [6.45, 7) is 0. The van der Waals surface area contributed by atoms with Crippen LogP contribution >= 0.6 is 11.6 Å². The molecule has 0 saturated heterocycles. The Morgan fingerprint density at radius 2 is 1.57 bits per heavy atom. The van der Waals surface area contributed by atoms with Gasteiger partial charge in [-0.25, -0.2) is 9.98 Å². The predicted molar refractivity (Wildman–Crippen MR) is 51.9 cm³/mol. The van der Waals surface area contributed by atoms with Crippen LogP contribution in [0.25, 0.3) is 0 Å². The van der Waals surface area contributed by atoms with Crippen LogP contribution in [0.15, 0.2) is 9.98 Å². The van der Waals surface area contributed by atoms with Crippen molar-refractivity contribution < 1.29 is 14.4 Å². The second-order valence-electron chi connectivity index (χ2n) is 2.11. The Balaban J connectivity index is 0.00000169. The van der Waals surface area contributed by atoms with E-state index in [0.29, 0.717) is 12.6 Å². The fourth-order valence-corrected chi connectivity index (χ4v) is 0.896. The Bertz CT molecular complexity index is 304. The van der Waals surface area contributed by atoms with Crippen molar-refractivity contribution in [2.75, 3.05) is 0 Å². The summed E-state index contributed by atoms with van der Waals surface area (Å²) in [6, 6.07) is 0. The minimum absolute atomic E-state index is 0. The van der Waals surface area contributed by atoms with Crippen LogP contribution in [0.2, 0.25) is 0 Å². The first-order valence-electron chi connectivity index (χ1n) is 3.16. The average Bonchev–Trinajstić information content (AvgIpc) is 2.17.